The van der Waals surface area contributed by atoms with E-state index in [1.54, 1.807) is 12.2 Å². The van der Waals surface area contributed by atoms with Gasteiger partial charge in [0.2, 0.25) is 0 Å². The number of hydrogen-bond acceptors (Lipinski definition) is 2. The van der Waals surface area contributed by atoms with Gasteiger partial charge in [0.1, 0.15) is 29.8 Å². The Balaban J connectivity index is 1.68. The highest BCUT2D eigenvalue weighted by Crippen LogP contribution is 2.36. The topological polar surface area (TPSA) is 18.5 Å². The molecule has 0 heterocycles. The van der Waals surface area contributed by atoms with Gasteiger partial charge in [-0.1, -0.05) is 30.4 Å². The van der Waals surface area contributed by atoms with E-state index in [2.05, 4.69) is 4.74 Å². The SMILES string of the molecule is CC=CCOc1ccc(-c2cc(F)c(-c3ccc4c(F)c(OC(F)F)ccc4c3)c(F)c2)c(F)c1. The monoisotopic (exact) mass is 488 g/mol. The molecule has 0 aromatic heterocycles. The van der Waals surface area contributed by atoms with Crippen LogP contribution in [0.15, 0.2) is 72.8 Å². The third kappa shape index (κ3) is 5.11. The predicted molar refractivity (Wildman–Crippen MR) is 122 cm³/mol. The maximum absolute atomic E-state index is 15.0. The lowest BCUT2D eigenvalue weighted by atomic mass is 9.96. The summed E-state index contributed by atoms with van der Waals surface area (Å²) in [6.07, 6.45) is 3.52. The zero-order valence-electron chi connectivity index (χ0n) is 18.3. The zero-order chi connectivity index (χ0) is 25.1. The smallest absolute Gasteiger partial charge is 0.387 e. The Labute approximate surface area is 197 Å². The molecule has 0 spiro atoms. The standard InChI is InChI=1S/C27H18F6O2/c1-2-3-10-34-18-6-8-19(21(28)14-18)17-12-22(29)25(23(30)13-17)16-4-7-20-15(11-16)5-9-24(26(20)31)35-27(32)33/h2-9,11-14,27H,10H2,1H3. The Morgan fingerprint density at radius 2 is 1.54 bits per heavy atom. The Morgan fingerprint density at radius 1 is 0.800 bits per heavy atom. The van der Waals surface area contributed by atoms with Crippen LogP contribution in [0.2, 0.25) is 0 Å². The molecule has 0 aliphatic rings. The van der Waals surface area contributed by atoms with Crippen molar-refractivity contribution in [3.8, 4) is 33.8 Å². The van der Waals surface area contributed by atoms with Gasteiger partial charge in [0.05, 0.1) is 5.56 Å². The Kier molecular flexibility index (Phi) is 7.00. The minimum atomic E-state index is -3.20. The number of alkyl halides is 2. The number of hydrogen-bond donors (Lipinski definition) is 0. The molecule has 0 saturated heterocycles. The first-order chi connectivity index (χ1) is 16.8. The molecular formula is C27H18F6O2. The first-order valence-electron chi connectivity index (χ1n) is 10.5. The number of benzene rings is 4. The van der Waals surface area contributed by atoms with Crippen molar-refractivity contribution in [2.24, 2.45) is 0 Å². The minimum absolute atomic E-state index is 0.0122. The molecule has 0 unspecified atom stereocenters. The predicted octanol–water partition coefficient (Wildman–Crippen LogP) is 8.29. The molecule has 180 valence electrons. The molecule has 2 nitrogen and oxygen atoms in total. The maximum atomic E-state index is 15.0. The third-order valence-electron chi connectivity index (χ3n) is 5.30. The van der Waals surface area contributed by atoms with Crippen molar-refractivity contribution in [3.05, 3.63) is 96.1 Å². The van der Waals surface area contributed by atoms with Crippen molar-refractivity contribution in [1.29, 1.82) is 0 Å². The van der Waals surface area contributed by atoms with Crippen LogP contribution in [0.4, 0.5) is 26.3 Å². The van der Waals surface area contributed by atoms with Crippen LogP contribution in [-0.2, 0) is 0 Å². The summed E-state index contributed by atoms with van der Waals surface area (Å²) < 4.78 is 93.5. The number of allylic oxidation sites excluding steroid dienone is 1. The highest BCUT2D eigenvalue weighted by Gasteiger charge is 2.18. The van der Waals surface area contributed by atoms with E-state index in [1.165, 1.54) is 36.4 Å². The van der Waals surface area contributed by atoms with Crippen molar-refractivity contribution in [2.75, 3.05) is 6.61 Å². The van der Waals surface area contributed by atoms with Gasteiger partial charge in [-0.15, -0.1) is 0 Å². The van der Waals surface area contributed by atoms with E-state index in [4.69, 9.17) is 4.74 Å². The zero-order valence-corrected chi connectivity index (χ0v) is 18.3. The van der Waals surface area contributed by atoms with Gasteiger partial charge in [-0.2, -0.15) is 8.78 Å². The number of rotatable bonds is 7. The maximum Gasteiger partial charge on any atom is 0.387 e. The lowest BCUT2D eigenvalue weighted by Gasteiger charge is -2.12. The van der Waals surface area contributed by atoms with Crippen LogP contribution in [0, 0.1) is 23.3 Å². The van der Waals surface area contributed by atoms with Gasteiger partial charge in [-0.25, -0.2) is 17.6 Å². The van der Waals surface area contributed by atoms with Crippen molar-refractivity contribution < 1.29 is 35.8 Å². The molecule has 0 aliphatic carbocycles. The summed E-state index contributed by atoms with van der Waals surface area (Å²) in [5.74, 6) is -4.00. The molecule has 0 radical (unpaired) electrons. The van der Waals surface area contributed by atoms with E-state index in [9.17, 15) is 17.6 Å². The quantitative estimate of drug-likeness (QED) is 0.193. The van der Waals surface area contributed by atoms with E-state index in [0.29, 0.717) is 0 Å². The molecule has 0 aliphatic heterocycles. The second-order valence-corrected chi connectivity index (χ2v) is 7.53. The summed E-state index contributed by atoms with van der Waals surface area (Å²) in [4.78, 5) is 0. The van der Waals surface area contributed by atoms with Gasteiger partial charge in [0.25, 0.3) is 0 Å². The Bertz CT molecular complexity index is 1390. The van der Waals surface area contributed by atoms with Crippen molar-refractivity contribution in [2.45, 2.75) is 13.5 Å². The molecule has 8 heteroatoms. The van der Waals surface area contributed by atoms with E-state index in [1.807, 2.05) is 6.92 Å². The van der Waals surface area contributed by atoms with Crippen molar-refractivity contribution >= 4 is 10.8 Å². The molecule has 0 N–H and O–H groups in total. The van der Waals surface area contributed by atoms with Gasteiger partial charge >= 0.3 is 6.61 Å². The summed E-state index contributed by atoms with van der Waals surface area (Å²) in [6, 6.07) is 12.1. The summed E-state index contributed by atoms with van der Waals surface area (Å²) in [5, 5.41) is 0.173. The number of fused-ring (bicyclic) bond motifs is 1. The van der Waals surface area contributed by atoms with Gasteiger partial charge in [-0.05, 0) is 59.8 Å². The van der Waals surface area contributed by atoms with Crippen molar-refractivity contribution in [3.63, 3.8) is 0 Å². The highest BCUT2D eigenvalue weighted by molar-refractivity contribution is 5.89. The molecule has 0 fully saturated rings. The van der Waals surface area contributed by atoms with E-state index in [-0.39, 0.29) is 39.8 Å². The van der Waals surface area contributed by atoms with Crippen LogP contribution >= 0.6 is 0 Å². The summed E-state index contributed by atoms with van der Waals surface area (Å²) >= 11 is 0. The summed E-state index contributed by atoms with van der Waals surface area (Å²) in [7, 11) is 0. The normalized spacial score (nSPS) is 11.5. The van der Waals surface area contributed by atoms with Crippen LogP contribution in [0.3, 0.4) is 0 Å². The number of ether oxygens (including phenoxy) is 2. The fourth-order valence-corrected chi connectivity index (χ4v) is 3.68. The molecular weight excluding hydrogens is 470 g/mol. The molecule has 0 saturated carbocycles. The van der Waals surface area contributed by atoms with E-state index >= 15 is 8.78 Å². The molecule has 4 aromatic rings. The van der Waals surface area contributed by atoms with E-state index in [0.717, 1.165) is 24.3 Å². The fraction of sp³-hybridized carbons (Fsp3) is 0.111. The van der Waals surface area contributed by atoms with Crippen LogP contribution < -0.4 is 9.47 Å². The molecule has 0 bridgehead atoms. The lowest BCUT2D eigenvalue weighted by molar-refractivity contribution is -0.0520. The average Bonchev–Trinajstić information content (AvgIpc) is 2.80. The van der Waals surface area contributed by atoms with Crippen LogP contribution in [-0.4, -0.2) is 13.2 Å². The molecule has 0 atom stereocenters. The van der Waals surface area contributed by atoms with E-state index < -0.39 is 41.2 Å². The molecule has 4 rings (SSSR count). The lowest BCUT2D eigenvalue weighted by Crippen LogP contribution is -2.03. The highest BCUT2D eigenvalue weighted by atomic mass is 19.3. The van der Waals surface area contributed by atoms with Gasteiger partial charge in [-0.3, -0.25) is 0 Å². The first-order valence-corrected chi connectivity index (χ1v) is 10.5. The van der Waals surface area contributed by atoms with Crippen LogP contribution in [0.1, 0.15) is 6.92 Å². The Morgan fingerprint density at radius 3 is 2.20 bits per heavy atom. The summed E-state index contributed by atoms with van der Waals surface area (Å²) in [6.45, 7) is -1.13. The molecule has 4 aromatic carbocycles. The second kappa shape index (κ2) is 10.1. The third-order valence-corrected chi connectivity index (χ3v) is 5.30. The van der Waals surface area contributed by atoms with Crippen LogP contribution in [0.25, 0.3) is 33.0 Å². The van der Waals surface area contributed by atoms with Gasteiger partial charge < -0.3 is 9.47 Å². The van der Waals surface area contributed by atoms with Gasteiger partial charge in [0, 0.05) is 17.0 Å². The Hall–Kier alpha value is -3.94. The molecule has 35 heavy (non-hydrogen) atoms. The minimum Gasteiger partial charge on any atom is -0.489 e. The largest absolute Gasteiger partial charge is 0.489 e. The fourth-order valence-electron chi connectivity index (χ4n) is 3.68. The van der Waals surface area contributed by atoms with Crippen molar-refractivity contribution in [1.82, 2.24) is 0 Å². The summed E-state index contributed by atoms with van der Waals surface area (Å²) in [5.41, 5.74) is -0.327. The van der Waals surface area contributed by atoms with Crippen LogP contribution in [0.5, 0.6) is 11.5 Å². The number of halogens is 6. The van der Waals surface area contributed by atoms with Gasteiger partial charge in [0.15, 0.2) is 11.6 Å². The average molecular weight is 488 g/mol. The first kappa shape index (κ1) is 24.2. The molecule has 0 amide bonds. The second-order valence-electron chi connectivity index (χ2n) is 7.53.